The van der Waals surface area contributed by atoms with Crippen molar-refractivity contribution in [2.45, 2.75) is 51.0 Å². The Hall–Kier alpha value is -2.22. The van der Waals surface area contributed by atoms with E-state index in [0.29, 0.717) is 26.1 Å². The summed E-state index contributed by atoms with van der Waals surface area (Å²) >= 11 is 0. The van der Waals surface area contributed by atoms with Crippen LogP contribution in [0, 0.1) is 0 Å². The van der Waals surface area contributed by atoms with E-state index in [0.717, 1.165) is 63.3 Å². The number of aromatic nitrogens is 2. The van der Waals surface area contributed by atoms with Crippen molar-refractivity contribution in [2.75, 3.05) is 39.4 Å². The lowest BCUT2D eigenvalue weighted by molar-refractivity contribution is -0.137. The highest BCUT2D eigenvalue weighted by Gasteiger charge is 2.28. The number of hydrogen-bond donors (Lipinski definition) is 0. The molecule has 0 spiro atoms. The number of hydrogen-bond acceptors (Lipinski definition) is 5. The summed E-state index contributed by atoms with van der Waals surface area (Å²) in [6, 6.07) is 1.65. The zero-order valence-electron chi connectivity index (χ0n) is 16.3. The fraction of sp³-hybridized carbons (Fsp3) is 0.700. The van der Waals surface area contributed by atoms with Gasteiger partial charge in [-0.2, -0.15) is 4.98 Å². The van der Waals surface area contributed by atoms with E-state index >= 15 is 0 Å². The molecule has 0 N–H and O–H groups in total. The Morgan fingerprint density at radius 1 is 1.14 bits per heavy atom. The van der Waals surface area contributed by atoms with Crippen LogP contribution in [0.3, 0.4) is 0 Å². The third kappa shape index (κ3) is 4.11. The molecule has 0 bridgehead atoms. The van der Waals surface area contributed by atoms with Gasteiger partial charge in [-0.25, -0.2) is 0 Å². The van der Waals surface area contributed by atoms with E-state index in [-0.39, 0.29) is 29.9 Å². The predicted molar refractivity (Wildman–Crippen MR) is 102 cm³/mol. The molecule has 1 atom stereocenters. The first-order chi connectivity index (χ1) is 13.6. The maximum absolute atomic E-state index is 12.6. The maximum Gasteiger partial charge on any atom is 0.273 e. The van der Waals surface area contributed by atoms with Gasteiger partial charge in [0.25, 0.3) is 5.56 Å². The first kappa shape index (κ1) is 19.1. The number of rotatable bonds is 6. The molecule has 1 aromatic heterocycles. The molecular formula is C20H28N4O4. The first-order valence-electron chi connectivity index (χ1n) is 10.4. The Balaban J connectivity index is 1.31. The van der Waals surface area contributed by atoms with Gasteiger partial charge >= 0.3 is 0 Å². The van der Waals surface area contributed by atoms with Crippen molar-refractivity contribution >= 4 is 11.8 Å². The van der Waals surface area contributed by atoms with E-state index in [9.17, 15) is 14.4 Å². The van der Waals surface area contributed by atoms with Crippen LogP contribution in [0.5, 0.6) is 0 Å². The molecular weight excluding hydrogens is 360 g/mol. The van der Waals surface area contributed by atoms with Crippen molar-refractivity contribution in [3.8, 4) is 0 Å². The van der Waals surface area contributed by atoms with Crippen LogP contribution in [0.25, 0.3) is 0 Å². The number of carbonyl (C=O) groups excluding carboxylic acids is 2. The highest BCUT2D eigenvalue weighted by Crippen LogP contribution is 2.28. The number of fused-ring (bicyclic) bond motifs is 1. The van der Waals surface area contributed by atoms with Gasteiger partial charge < -0.3 is 19.1 Å². The Labute approximate surface area is 164 Å². The van der Waals surface area contributed by atoms with Crippen LogP contribution in [0.1, 0.15) is 49.5 Å². The molecule has 0 aromatic carbocycles. The van der Waals surface area contributed by atoms with E-state index in [1.165, 1.54) is 0 Å². The van der Waals surface area contributed by atoms with Crippen LogP contribution in [0.4, 0.5) is 0 Å². The topological polar surface area (TPSA) is 84.7 Å². The molecule has 2 saturated heterocycles. The Morgan fingerprint density at radius 2 is 2.00 bits per heavy atom. The summed E-state index contributed by atoms with van der Waals surface area (Å²) < 4.78 is 7.71. The average molecular weight is 388 g/mol. The minimum Gasteiger partial charge on any atom is -0.370 e. The van der Waals surface area contributed by atoms with Crippen LogP contribution < -0.4 is 5.56 Å². The lowest BCUT2D eigenvalue weighted by Gasteiger charge is -2.34. The molecule has 3 aliphatic heterocycles. The molecule has 0 radical (unpaired) electrons. The minimum absolute atomic E-state index is 0.0181. The standard InChI is InChI=1S/C20H28N4O4/c25-18-12-16(24-9-2-5-17(24)21-18)15-4-1-8-23(13-15)20(27)14-28-11-10-22-7-3-6-19(22)26/h12,15H,1-11,13-14H2. The summed E-state index contributed by atoms with van der Waals surface area (Å²) in [5.41, 5.74) is 0.852. The van der Waals surface area contributed by atoms with Gasteiger partial charge in [-0.15, -0.1) is 0 Å². The van der Waals surface area contributed by atoms with Crippen molar-refractivity contribution in [1.29, 1.82) is 0 Å². The summed E-state index contributed by atoms with van der Waals surface area (Å²) in [6.45, 7) is 4.04. The van der Waals surface area contributed by atoms with Crippen LogP contribution in [-0.4, -0.2) is 70.6 Å². The molecule has 1 aromatic rings. The largest absolute Gasteiger partial charge is 0.370 e. The van der Waals surface area contributed by atoms with Gasteiger partial charge in [-0.3, -0.25) is 14.4 Å². The minimum atomic E-state index is -0.175. The van der Waals surface area contributed by atoms with E-state index < -0.39 is 0 Å². The summed E-state index contributed by atoms with van der Waals surface area (Å²) in [6.07, 6.45) is 5.30. The van der Waals surface area contributed by atoms with E-state index in [4.69, 9.17) is 4.74 Å². The monoisotopic (exact) mass is 388 g/mol. The molecule has 0 saturated carbocycles. The molecule has 1 unspecified atom stereocenters. The highest BCUT2D eigenvalue weighted by molar-refractivity contribution is 5.78. The normalized spacial score (nSPS) is 22.0. The van der Waals surface area contributed by atoms with E-state index in [1.54, 1.807) is 11.0 Å². The van der Waals surface area contributed by atoms with Gasteiger partial charge in [0.15, 0.2) is 0 Å². The Kier molecular flexibility index (Phi) is 5.75. The molecule has 0 aliphatic carbocycles. The highest BCUT2D eigenvalue weighted by atomic mass is 16.5. The van der Waals surface area contributed by atoms with Gasteiger partial charge in [0.2, 0.25) is 11.8 Å². The van der Waals surface area contributed by atoms with E-state index in [2.05, 4.69) is 9.55 Å². The fourth-order valence-corrected chi connectivity index (χ4v) is 4.57. The zero-order chi connectivity index (χ0) is 19.5. The summed E-state index contributed by atoms with van der Waals surface area (Å²) in [7, 11) is 0. The third-order valence-corrected chi connectivity index (χ3v) is 6.01. The van der Waals surface area contributed by atoms with Crippen molar-refractivity contribution in [1.82, 2.24) is 19.4 Å². The summed E-state index contributed by atoms with van der Waals surface area (Å²) in [5.74, 6) is 1.21. The number of carbonyl (C=O) groups is 2. The molecule has 3 aliphatic rings. The second kappa shape index (κ2) is 8.43. The SMILES string of the molecule is O=C1CCCN1CCOCC(=O)N1CCCC(c2cc(=O)nc3n2CCC3)C1. The Bertz CT molecular complexity index is 806. The predicted octanol–water partition coefficient (Wildman–Crippen LogP) is 0.535. The lowest BCUT2D eigenvalue weighted by atomic mass is 9.94. The second-order valence-corrected chi connectivity index (χ2v) is 7.91. The smallest absolute Gasteiger partial charge is 0.273 e. The fourth-order valence-electron chi connectivity index (χ4n) is 4.57. The molecule has 8 heteroatoms. The van der Waals surface area contributed by atoms with Crippen LogP contribution in [0.2, 0.25) is 0 Å². The number of nitrogens with zero attached hydrogens (tertiary/aromatic N) is 4. The van der Waals surface area contributed by atoms with Gasteiger partial charge in [-0.1, -0.05) is 0 Å². The summed E-state index contributed by atoms with van der Waals surface area (Å²) in [4.78, 5) is 43.9. The van der Waals surface area contributed by atoms with Gasteiger partial charge in [0.1, 0.15) is 12.4 Å². The number of amides is 2. The van der Waals surface area contributed by atoms with Crippen LogP contribution >= 0.6 is 0 Å². The quantitative estimate of drug-likeness (QED) is 0.664. The van der Waals surface area contributed by atoms with Gasteiger partial charge in [0, 0.05) is 63.2 Å². The van der Waals surface area contributed by atoms with E-state index in [1.807, 2.05) is 4.90 Å². The van der Waals surface area contributed by atoms with Crippen molar-refractivity contribution in [3.63, 3.8) is 0 Å². The third-order valence-electron chi connectivity index (χ3n) is 6.01. The summed E-state index contributed by atoms with van der Waals surface area (Å²) in [5, 5.41) is 0. The lowest BCUT2D eigenvalue weighted by Crippen LogP contribution is -2.42. The van der Waals surface area contributed by atoms with Crippen LogP contribution in [0.15, 0.2) is 10.9 Å². The van der Waals surface area contributed by atoms with Crippen molar-refractivity contribution in [3.05, 3.63) is 27.9 Å². The second-order valence-electron chi connectivity index (χ2n) is 7.91. The van der Waals surface area contributed by atoms with Crippen molar-refractivity contribution < 1.29 is 14.3 Å². The first-order valence-corrected chi connectivity index (χ1v) is 10.4. The molecule has 4 rings (SSSR count). The molecule has 2 amide bonds. The maximum atomic E-state index is 12.6. The Morgan fingerprint density at radius 3 is 2.82 bits per heavy atom. The number of piperidine rings is 1. The zero-order valence-corrected chi connectivity index (χ0v) is 16.3. The molecule has 28 heavy (non-hydrogen) atoms. The average Bonchev–Trinajstić information content (AvgIpc) is 3.33. The number of ether oxygens (including phenoxy) is 1. The molecule has 152 valence electrons. The van der Waals surface area contributed by atoms with Crippen molar-refractivity contribution in [2.24, 2.45) is 0 Å². The number of likely N-dealkylation sites (tertiary alicyclic amines) is 2. The number of aryl methyl sites for hydroxylation is 1. The molecule has 2 fully saturated rings. The van der Waals surface area contributed by atoms with Crippen LogP contribution in [-0.2, 0) is 27.3 Å². The molecule has 4 heterocycles. The molecule has 8 nitrogen and oxygen atoms in total. The van der Waals surface area contributed by atoms with Gasteiger partial charge in [-0.05, 0) is 25.7 Å². The van der Waals surface area contributed by atoms with Gasteiger partial charge in [0.05, 0.1) is 6.61 Å².